The van der Waals surface area contributed by atoms with Gasteiger partial charge in [0.1, 0.15) is 0 Å². The Balaban J connectivity index is 0.00000144. The summed E-state index contributed by atoms with van der Waals surface area (Å²) in [5.41, 5.74) is 3.02. The van der Waals surface area contributed by atoms with E-state index >= 15 is 0 Å². The third-order valence-corrected chi connectivity index (χ3v) is 3.20. The van der Waals surface area contributed by atoms with Crippen molar-refractivity contribution in [2.45, 2.75) is 39.5 Å². The summed E-state index contributed by atoms with van der Waals surface area (Å²) in [6, 6.07) is 13.2. The molecule has 0 aliphatic carbocycles. The Morgan fingerprint density at radius 1 is 0.765 bits per heavy atom. The van der Waals surface area contributed by atoms with Crippen LogP contribution in [0.3, 0.4) is 0 Å². The fraction of sp³-hybridized carbons (Fsp3) is 0.375. The molecule has 0 spiro atoms. The summed E-state index contributed by atoms with van der Waals surface area (Å²) in [7, 11) is 0. The van der Waals surface area contributed by atoms with Crippen LogP contribution in [0.25, 0.3) is 10.8 Å². The predicted molar refractivity (Wildman–Crippen MR) is 79.3 cm³/mol. The van der Waals surface area contributed by atoms with Crippen LogP contribution in [0, 0.1) is 0 Å². The number of rotatable bonds is 2. The summed E-state index contributed by atoms with van der Waals surface area (Å²) in [5.74, 6) is 1.19. The van der Waals surface area contributed by atoms with Crippen molar-refractivity contribution in [3.05, 3.63) is 47.5 Å². The molecule has 0 nitrogen and oxygen atoms in total. The standard InChI is InChI=1S/C16H20.Na.H/c1-11(2)14-10-9-13-7-5-6-8-15(13)16(14)12(3)4;;/h5-12H,1-4H3;;. The molecular weight excluding hydrogens is 215 g/mol. The van der Waals surface area contributed by atoms with Gasteiger partial charge in [0.05, 0.1) is 0 Å². The summed E-state index contributed by atoms with van der Waals surface area (Å²) in [5, 5.41) is 2.78. The molecule has 0 aliphatic rings. The van der Waals surface area contributed by atoms with Crippen molar-refractivity contribution in [1.29, 1.82) is 0 Å². The summed E-state index contributed by atoms with van der Waals surface area (Å²) < 4.78 is 0. The van der Waals surface area contributed by atoms with Crippen molar-refractivity contribution < 1.29 is 0 Å². The van der Waals surface area contributed by atoms with Crippen molar-refractivity contribution >= 4 is 40.3 Å². The van der Waals surface area contributed by atoms with Crippen molar-refractivity contribution in [1.82, 2.24) is 0 Å². The molecule has 86 valence electrons. The molecule has 0 fully saturated rings. The average molecular weight is 236 g/mol. The molecule has 0 bridgehead atoms. The van der Waals surface area contributed by atoms with E-state index in [-0.39, 0.29) is 29.6 Å². The average Bonchev–Trinajstić information content (AvgIpc) is 2.27. The van der Waals surface area contributed by atoms with Gasteiger partial charge in [-0.3, -0.25) is 0 Å². The van der Waals surface area contributed by atoms with Gasteiger partial charge in [-0.2, -0.15) is 0 Å². The van der Waals surface area contributed by atoms with Crippen LogP contribution in [0.4, 0.5) is 0 Å². The maximum absolute atomic E-state index is 2.29. The zero-order valence-corrected chi connectivity index (χ0v) is 10.6. The van der Waals surface area contributed by atoms with Crippen LogP contribution < -0.4 is 0 Å². The van der Waals surface area contributed by atoms with Gasteiger partial charge >= 0.3 is 29.6 Å². The summed E-state index contributed by atoms with van der Waals surface area (Å²) in [4.78, 5) is 0. The fourth-order valence-electron chi connectivity index (χ4n) is 2.46. The predicted octanol–water partition coefficient (Wildman–Crippen LogP) is 4.44. The second kappa shape index (κ2) is 6.04. The zero-order chi connectivity index (χ0) is 11.7. The van der Waals surface area contributed by atoms with E-state index in [1.54, 1.807) is 0 Å². The van der Waals surface area contributed by atoms with Crippen LogP contribution in [0.5, 0.6) is 0 Å². The SMILES string of the molecule is CC(C)c1ccc2ccccc2c1C(C)C.[NaH]. The van der Waals surface area contributed by atoms with Crippen LogP contribution in [0.15, 0.2) is 36.4 Å². The van der Waals surface area contributed by atoms with Gasteiger partial charge in [0.2, 0.25) is 0 Å². The van der Waals surface area contributed by atoms with Crippen molar-refractivity contribution in [2.24, 2.45) is 0 Å². The van der Waals surface area contributed by atoms with Gasteiger partial charge in [-0.05, 0) is 33.7 Å². The molecule has 0 N–H and O–H groups in total. The number of hydrogen-bond acceptors (Lipinski definition) is 0. The van der Waals surface area contributed by atoms with E-state index in [9.17, 15) is 0 Å². The molecule has 0 unspecified atom stereocenters. The van der Waals surface area contributed by atoms with Gasteiger partial charge in [0.15, 0.2) is 0 Å². The maximum atomic E-state index is 2.29. The molecule has 0 amide bonds. The molecule has 0 saturated carbocycles. The zero-order valence-electron chi connectivity index (χ0n) is 10.6. The van der Waals surface area contributed by atoms with E-state index in [1.165, 1.54) is 21.9 Å². The molecule has 0 aromatic heterocycles. The Labute approximate surface area is 127 Å². The second-order valence-electron chi connectivity index (χ2n) is 5.10. The van der Waals surface area contributed by atoms with E-state index < -0.39 is 0 Å². The molecule has 2 aromatic carbocycles. The molecule has 0 atom stereocenters. The first-order valence-corrected chi connectivity index (χ1v) is 6.12. The van der Waals surface area contributed by atoms with E-state index in [0.717, 1.165) is 0 Å². The van der Waals surface area contributed by atoms with Crippen LogP contribution in [-0.2, 0) is 0 Å². The van der Waals surface area contributed by atoms with Gasteiger partial charge < -0.3 is 0 Å². The van der Waals surface area contributed by atoms with Gasteiger partial charge in [-0.1, -0.05) is 64.1 Å². The second-order valence-corrected chi connectivity index (χ2v) is 5.10. The van der Waals surface area contributed by atoms with E-state index in [4.69, 9.17) is 0 Å². The third-order valence-electron chi connectivity index (χ3n) is 3.20. The first-order valence-electron chi connectivity index (χ1n) is 6.12. The Morgan fingerprint density at radius 2 is 1.41 bits per heavy atom. The van der Waals surface area contributed by atoms with Crippen LogP contribution in [-0.4, -0.2) is 29.6 Å². The summed E-state index contributed by atoms with van der Waals surface area (Å²) in [6.07, 6.45) is 0. The fourth-order valence-corrected chi connectivity index (χ4v) is 2.46. The van der Waals surface area contributed by atoms with Crippen molar-refractivity contribution in [3.8, 4) is 0 Å². The molecule has 2 rings (SSSR count). The molecule has 0 heterocycles. The number of benzene rings is 2. The quantitative estimate of drug-likeness (QED) is 0.676. The van der Waals surface area contributed by atoms with Crippen molar-refractivity contribution in [2.75, 3.05) is 0 Å². The Morgan fingerprint density at radius 3 is 2.00 bits per heavy atom. The molecule has 1 heteroatoms. The molecule has 0 aliphatic heterocycles. The van der Waals surface area contributed by atoms with Gasteiger partial charge in [-0.25, -0.2) is 0 Å². The summed E-state index contributed by atoms with van der Waals surface area (Å²) in [6.45, 7) is 9.12. The van der Waals surface area contributed by atoms with E-state index in [2.05, 4.69) is 64.1 Å². The first kappa shape index (κ1) is 14.8. The topological polar surface area (TPSA) is 0 Å². The van der Waals surface area contributed by atoms with Gasteiger partial charge in [0.25, 0.3) is 0 Å². The summed E-state index contributed by atoms with van der Waals surface area (Å²) >= 11 is 0. The Hall–Kier alpha value is -0.300. The van der Waals surface area contributed by atoms with Gasteiger partial charge in [-0.15, -0.1) is 0 Å². The first-order chi connectivity index (χ1) is 7.61. The molecule has 0 radical (unpaired) electrons. The van der Waals surface area contributed by atoms with Crippen LogP contribution in [0.2, 0.25) is 0 Å². The number of hydrogen-bond donors (Lipinski definition) is 0. The van der Waals surface area contributed by atoms with E-state index in [1.807, 2.05) is 0 Å². The van der Waals surface area contributed by atoms with Crippen molar-refractivity contribution in [3.63, 3.8) is 0 Å². The molecule has 17 heavy (non-hydrogen) atoms. The third kappa shape index (κ3) is 2.93. The molecule has 0 saturated heterocycles. The van der Waals surface area contributed by atoms with Crippen LogP contribution >= 0.6 is 0 Å². The monoisotopic (exact) mass is 236 g/mol. The minimum atomic E-state index is 0. The van der Waals surface area contributed by atoms with E-state index in [0.29, 0.717) is 11.8 Å². The number of fused-ring (bicyclic) bond motifs is 1. The Bertz CT molecular complexity index is 498. The Kier molecular flexibility index (Phi) is 5.24. The molecule has 2 aromatic rings. The van der Waals surface area contributed by atoms with Crippen LogP contribution in [0.1, 0.15) is 50.7 Å². The van der Waals surface area contributed by atoms with Gasteiger partial charge in [0, 0.05) is 0 Å². The minimum absolute atomic E-state index is 0. The normalized spacial score (nSPS) is 10.9. The molecular formula is C16H21Na.